The summed E-state index contributed by atoms with van der Waals surface area (Å²) in [5.74, 6) is -0.192. The van der Waals surface area contributed by atoms with E-state index in [1.54, 1.807) is 18.2 Å². The highest BCUT2D eigenvalue weighted by atomic mass is 19.1. The average molecular weight is 273 g/mol. The molecule has 2 nitrogen and oxygen atoms in total. The van der Waals surface area contributed by atoms with Gasteiger partial charge in [-0.15, -0.1) is 0 Å². The van der Waals surface area contributed by atoms with Gasteiger partial charge in [-0.3, -0.25) is 0 Å². The number of halogens is 2. The highest BCUT2D eigenvalue weighted by Gasteiger charge is 2.17. The Bertz CT molecular complexity index is 779. The van der Waals surface area contributed by atoms with Gasteiger partial charge in [-0.1, -0.05) is 6.07 Å². The van der Waals surface area contributed by atoms with E-state index in [0.29, 0.717) is 22.3 Å². The number of furan rings is 1. The number of hydrogen-bond acceptors (Lipinski definition) is 2. The highest BCUT2D eigenvalue weighted by Crippen LogP contribution is 2.29. The second-order valence-electron chi connectivity index (χ2n) is 4.81. The molecule has 0 fully saturated rings. The number of nitrogens with two attached hydrogens (primary N) is 1. The van der Waals surface area contributed by atoms with E-state index in [9.17, 15) is 8.78 Å². The Balaban J connectivity index is 2.07. The van der Waals surface area contributed by atoms with Crippen molar-refractivity contribution in [3.63, 3.8) is 0 Å². The minimum Gasteiger partial charge on any atom is -0.459 e. The van der Waals surface area contributed by atoms with Crippen LogP contribution in [0, 0.1) is 18.6 Å². The smallest absolute Gasteiger partial charge is 0.134 e. The molecule has 0 aliphatic heterocycles. The normalized spacial score (nSPS) is 12.8. The lowest BCUT2D eigenvalue weighted by Gasteiger charge is -2.12. The minimum atomic E-state index is -0.582. The molecule has 102 valence electrons. The van der Waals surface area contributed by atoms with Gasteiger partial charge in [0, 0.05) is 5.39 Å². The van der Waals surface area contributed by atoms with E-state index in [1.807, 2.05) is 6.92 Å². The van der Waals surface area contributed by atoms with Crippen molar-refractivity contribution in [2.45, 2.75) is 13.0 Å². The van der Waals surface area contributed by atoms with Crippen molar-refractivity contribution in [3.8, 4) is 0 Å². The lowest BCUT2D eigenvalue weighted by Crippen LogP contribution is -2.12. The van der Waals surface area contributed by atoms with Crippen molar-refractivity contribution < 1.29 is 13.2 Å². The van der Waals surface area contributed by atoms with E-state index in [4.69, 9.17) is 10.2 Å². The first-order valence-corrected chi connectivity index (χ1v) is 6.25. The number of aryl methyl sites for hydroxylation is 1. The molecule has 3 aromatic rings. The molecule has 0 saturated carbocycles. The summed E-state index contributed by atoms with van der Waals surface area (Å²) in [7, 11) is 0. The summed E-state index contributed by atoms with van der Waals surface area (Å²) in [6.45, 7) is 1.86. The summed E-state index contributed by atoms with van der Waals surface area (Å²) in [6, 6.07) is 9.83. The Kier molecular flexibility index (Phi) is 3.03. The predicted molar refractivity (Wildman–Crippen MR) is 73.3 cm³/mol. The fraction of sp³-hybridized carbons (Fsp3) is 0.125. The minimum absolute atomic E-state index is 0.333. The summed E-state index contributed by atoms with van der Waals surface area (Å²) < 4.78 is 32.1. The summed E-state index contributed by atoms with van der Waals surface area (Å²) in [6.07, 6.45) is 0. The van der Waals surface area contributed by atoms with Crippen molar-refractivity contribution in [1.82, 2.24) is 0 Å². The molecule has 0 aliphatic carbocycles. The Morgan fingerprint density at radius 2 is 1.70 bits per heavy atom. The van der Waals surface area contributed by atoms with Gasteiger partial charge in [0.1, 0.15) is 23.0 Å². The van der Waals surface area contributed by atoms with E-state index < -0.39 is 6.04 Å². The van der Waals surface area contributed by atoms with Gasteiger partial charge in [0.25, 0.3) is 0 Å². The molecule has 0 radical (unpaired) electrons. The SMILES string of the molecule is Cc1ccc(F)cc1C(N)c1cc2cc(F)ccc2o1. The first-order valence-electron chi connectivity index (χ1n) is 6.25. The molecule has 0 amide bonds. The highest BCUT2D eigenvalue weighted by molar-refractivity contribution is 5.78. The van der Waals surface area contributed by atoms with Crippen LogP contribution in [-0.2, 0) is 0 Å². The monoisotopic (exact) mass is 273 g/mol. The van der Waals surface area contributed by atoms with Gasteiger partial charge in [-0.05, 0) is 54.4 Å². The molecule has 0 bridgehead atoms. The molecule has 0 saturated heterocycles. The number of fused-ring (bicyclic) bond motifs is 1. The number of hydrogen-bond donors (Lipinski definition) is 1. The van der Waals surface area contributed by atoms with Crippen LogP contribution in [0.3, 0.4) is 0 Å². The quantitative estimate of drug-likeness (QED) is 0.764. The van der Waals surface area contributed by atoms with Crippen molar-refractivity contribution in [2.75, 3.05) is 0 Å². The van der Waals surface area contributed by atoms with E-state index in [1.165, 1.54) is 24.3 Å². The molecule has 2 N–H and O–H groups in total. The third-order valence-electron chi connectivity index (χ3n) is 3.38. The maximum absolute atomic E-state index is 13.3. The second-order valence-corrected chi connectivity index (χ2v) is 4.81. The molecule has 0 spiro atoms. The fourth-order valence-electron chi connectivity index (χ4n) is 2.29. The van der Waals surface area contributed by atoms with Crippen LogP contribution in [0.5, 0.6) is 0 Å². The van der Waals surface area contributed by atoms with Crippen LogP contribution in [0.25, 0.3) is 11.0 Å². The van der Waals surface area contributed by atoms with E-state index in [-0.39, 0.29) is 11.6 Å². The zero-order valence-electron chi connectivity index (χ0n) is 10.9. The third kappa shape index (κ3) is 2.18. The summed E-state index contributed by atoms with van der Waals surface area (Å²) >= 11 is 0. The first-order chi connectivity index (χ1) is 9.54. The van der Waals surface area contributed by atoms with Gasteiger partial charge >= 0.3 is 0 Å². The lowest BCUT2D eigenvalue weighted by molar-refractivity contribution is 0.522. The number of benzene rings is 2. The Morgan fingerprint density at radius 3 is 2.50 bits per heavy atom. The zero-order valence-corrected chi connectivity index (χ0v) is 10.9. The van der Waals surface area contributed by atoms with Gasteiger partial charge < -0.3 is 10.2 Å². The van der Waals surface area contributed by atoms with Crippen LogP contribution < -0.4 is 5.73 Å². The molecule has 1 aromatic heterocycles. The maximum atomic E-state index is 13.3. The van der Waals surface area contributed by atoms with Gasteiger partial charge in [0.2, 0.25) is 0 Å². The van der Waals surface area contributed by atoms with Crippen molar-refractivity contribution in [3.05, 3.63) is 71.0 Å². The summed E-state index contributed by atoms with van der Waals surface area (Å²) in [4.78, 5) is 0. The largest absolute Gasteiger partial charge is 0.459 e. The Labute approximate surface area is 114 Å². The van der Waals surface area contributed by atoms with Crippen LogP contribution in [0.1, 0.15) is 22.9 Å². The van der Waals surface area contributed by atoms with E-state index >= 15 is 0 Å². The molecule has 2 aromatic carbocycles. The van der Waals surface area contributed by atoms with Gasteiger partial charge in [0.15, 0.2) is 0 Å². The zero-order chi connectivity index (χ0) is 14.3. The molecule has 20 heavy (non-hydrogen) atoms. The van der Waals surface area contributed by atoms with Crippen molar-refractivity contribution in [1.29, 1.82) is 0 Å². The molecular weight excluding hydrogens is 260 g/mol. The van der Waals surface area contributed by atoms with Crippen LogP contribution >= 0.6 is 0 Å². The maximum Gasteiger partial charge on any atom is 0.134 e. The number of rotatable bonds is 2. The molecule has 4 heteroatoms. The molecule has 1 heterocycles. The van der Waals surface area contributed by atoms with E-state index in [2.05, 4.69) is 0 Å². The lowest BCUT2D eigenvalue weighted by atomic mass is 10.00. The topological polar surface area (TPSA) is 39.2 Å². The van der Waals surface area contributed by atoms with Gasteiger partial charge in [-0.2, -0.15) is 0 Å². The van der Waals surface area contributed by atoms with Gasteiger partial charge in [-0.25, -0.2) is 8.78 Å². The molecule has 1 atom stereocenters. The van der Waals surface area contributed by atoms with Crippen molar-refractivity contribution >= 4 is 11.0 Å². The molecule has 3 rings (SSSR count). The molecule has 1 unspecified atom stereocenters. The third-order valence-corrected chi connectivity index (χ3v) is 3.38. The standard InChI is InChI=1S/C16H13F2NO/c1-9-2-3-12(18)8-13(9)16(19)15-7-10-6-11(17)4-5-14(10)20-15/h2-8,16H,19H2,1H3. The first kappa shape index (κ1) is 12.8. The van der Waals surface area contributed by atoms with Gasteiger partial charge in [0.05, 0.1) is 6.04 Å². The van der Waals surface area contributed by atoms with Crippen LogP contribution in [0.2, 0.25) is 0 Å². The Hall–Kier alpha value is -2.20. The predicted octanol–water partition coefficient (Wildman–Crippen LogP) is 4.07. The summed E-state index contributed by atoms with van der Waals surface area (Å²) in [5, 5.41) is 0.643. The second kappa shape index (κ2) is 4.72. The molecule has 0 aliphatic rings. The van der Waals surface area contributed by atoms with Crippen LogP contribution in [-0.4, -0.2) is 0 Å². The average Bonchev–Trinajstić information content (AvgIpc) is 2.83. The Morgan fingerprint density at radius 1 is 1.00 bits per heavy atom. The van der Waals surface area contributed by atoms with Crippen LogP contribution in [0.15, 0.2) is 46.9 Å². The fourth-order valence-corrected chi connectivity index (χ4v) is 2.29. The van der Waals surface area contributed by atoms with Crippen LogP contribution in [0.4, 0.5) is 8.78 Å². The summed E-state index contributed by atoms with van der Waals surface area (Å²) in [5.41, 5.74) is 8.23. The van der Waals surface area contributed by atoms with Crippen molar-refractivity contribution in [2.24, 2.45) is 5.73 Å². The molecular formula is C16H13F2NO. The van der Waals surface area contributed by atoms with E-state index in [0.717, 1.165) is 5.56 Å².